The van der Waals surface area contributed by atoms with Crippen molar-refractivity contribution >= 4 is 39.0 Å². The Morgan fingerprint density at radius 3 is 2.38 bits per heavy atom. The minimum Gasteiger partial charge on any atom is -0.339 e. The third kappa shape index (κ3) is 5.69. The molecular weight excluding hydrogens is 566 g/mol. The number of aromatic nitrogens is 3. The number of fused-ring (bicyclic) bond motifs is 1. The van der Waals surface area contributed by atoms with Crippen molar-refractivity contribution in [3.63, 3.8) is 0 Å². The second-order valence-electron chi connectivity index (χ2n) is 10.4. The summed E-state index contributed by atoms with van der Waals surface area (Å²) in [6.45, 7) is 5.42. The van der Waals surface area contributed by atoms with Crippen LogP contribution in [0.3, 0.4) is 0 Å². The van der Waals surface area contributed by atoms with Gasteiger partial charge in [0.2, 0.25) is 10.0 Å². The quantitative estimate of drug-likeness (QED) is 0.324. The normalized spacial score (nSPS) is 15.0. The van der Waals surface area contributed by atoms with E-state index in [0.717, 1.165) is 11.1 Å². The molecule has 1 fully saturated rings. The molecular formula is C29H30F2N6O4S. The molecule has 1 saturated heterocycles. The highest BCUT2D eigenvalue weighted by Gasteiger charge is 2.38. The minimum atomic E-state index is -3.84. The molecule has 0 spiro atoms. The molecule has 1 aliphatic heterocycles. The topological polar surface area (TPSA) is 126 Å². The molecule has 5 rings (SSSR count). The molecule has 0 atom stereocenters. The van der Waals surface area contributed by atoms with Crippen molar-refractivity contribution in [1.29, 1.82) is 0 Å². The van der Waals surface area contributed by atoms with Crippen LogP contribution in [0, 0.1) is 19.7 Å². The van der Waals surface area contributed by atoms with Crippen molar-refractivity contribution in [2.24, 2.45) is 0 Å². The molecule has 10 nitrogen and oxygen atoms in total. The van der Waals surface area contributed by atoms with Crippen molar-refractivity contribution in [3.05, 3.63) is 88.5 Å². The molecule has 0 aliphatic carbocycles. The molecule has 0 saturated carbocycles. The largest absolute Gasteiger partial charge is 0.339 e. The molecule has 2 aromatic heterocycles. The monoisotopic (exact) mass is 596 g/mol. The first kappa shape index (κ1) is 29.1. The fourth-order valence-corrected chi connectivity index (χ4v) is 5.44. The highest BCUT2D eigenvalue weighted by molar-refractivity contribution is 7.90. The number of sulfonamides is 1. The van der Waals surface area contributed by atoms with Crippen LogP contribution in [0.1, 0.15) is 57.2 Å². The summed E-state index contributed by atoms with van der Waals surface area (Å²) in [4.78, 5) is 32.5. The van der Waals surface area contributed by atoms with Gasteiger partial charge in [-0.05, 0) is 55.7 Å². The van der Waals surface area contributed by atoms with Gasteiger partial charge < -0.3 is 10.2 Å². The Hall–Kier alpha value is -4.39. The zero-order valence-corrected chi connectivity index (χ0v) is 24.1. The van der Waals surface area contributed by atoms with Gasteiger partial charge in [0, 0.05) is 37.8 Å². The number of benzene rings is 2. The molecule has 3 heterocycles. The molecule has 220 valence electrons. The first-order chi connectivity index (χ1) is 19.9. The Kier molecular flexibility index (Phi) is 7.71. The molecule has 42 heavy (non-hydrogen) atoms. The Labute approximate surface area is 241 Å². The Morgan fingerprint density at radius 2 is 1.71 bits per heavy atom. The van der Waals surface area contributed by atoms with Gasteiger partial charge in [0.1, 0.15) is 28.4 Å². The number of carbonyl (C=O) groups is 2. The van der Waals surface area contributed by atoms with Gasteiger partial charge in [0.25, 0.3) is 11.8 Å². The van der Waals surface area contributed by atoms with Crippen molar-refractivity contribution in [3.8, 4) is 0 Å². The summed E-state index contributed by atoms with van der Waals surface area (Å²) in [5, 5.41) is 7.53. The predicted octanol–water partition coefficient (Wildman–Crippen LogP) is 4.41. The number of hydrogen-bond donors (Lipinski definition) is 2. The van der Waals surface area contributed by atoms with E-state index in [1.54, 1.807) is 0 Å². The van der Waals surface area contributed by atoms with E-state index < -0.39 is 33.3 Å². The number of alkyl halides is 1. The van der Waals surface area contributed by atoms with E-state index in [1.165, 1.54) is 53.0 Å². The highest BCUT2D eigenvalue weighted by atomic mass is 32.2. The Bertz CT molecular complexity index is 1780. The van der Waals surface area contributed by atoms with Gasteiger partial charge in [-0.1, -0.05) is 24.3 Å². The molecule has 1 aliphatic rings. The van der Waals surface area contributed by atoms with E-state index in [-0.39, 0.29) is 54.3 Å². The third-order valence-corrected chi connectivity index (χ3v) is 8.74. The zero-order valence-electron chi connectivity index (χ0n) is 23.3. The number of hydrogen-bond acceptors (Lipinski definition) is 7. The van der Waals surface area contributed by atoms with Gasteiger partial charge in [-0.2, -0.15) is 9.61 Å². The van der Waals surface area contributed by atoms with Crippen LogP contribution >= 0.6 is 0 Å². The van der Waals surface area contributed by atoms with E-state index in [1.807, 2.05) is 36.8 Å². The molecule has 13 heteroatoms. The van der Waals surface area contributed by atoms with Gasteiger partial charge in [-0.15, -0.1) is 0 Å². The van der Waals surface area contributed by atoms with Crippen LogP contribution in [0.2, 0.25) is 0 Å². The van der Waals surface area contributed by atoms with Crippen LogP contribution < -0.4 is 10.0 Å². The summed E-state index contributed by atoms with van der Waals surface area (Å²) in [5.74, 6) is -1.85. The molecule has 0 radical (unpaired) electrons. The molecule has 0 bridgehead atoms. The summed E-state index contributed by atoms with van der Waals surface area (Å²) in [6.07, 6.45) is 2.54. The number of anilines is 2. The maximum absolute atomic E-state index is 15.8. The smallest absolute Gasteiger partial charge is 0.270 e. The van der Waals surface area contributed by atoms with E-state index in [0.29, 0.717) is 11.3 Å². The van der Waals surface area contributed by atoms with Crippen LogP contribution in [0.4, 0.5) is 20.3 Å². The van der Waals surface area contributed by atoms with Crippen molar-refractivity contribution in [2.75, 3.05) is 24.2 Å². The molecule has 2 aromatic carbocycles. The third-order valence-electron chi connectivity index (χ3n) is 7.48. The number of nitrogens with zero attached hydrogens (tertiary/aromatic N) is 4. The lowest BCUT2D eigenvalue weighted by Gasteiger charge is -2.37. The summed E-state index contributed by atoms with van der Waals surface area (Å²) in [7, 11) is -3.84. The number of amides is 2. The van der Waals surface area contributed by atoms with Crippen molar-refractivity contribution < 1.29 is 26.8 Å². The molecule has 4 aromatic rings. The maximum atomic E-state index is 15.8. The number of carbonyl (C=O) groups excluding carboxylic acids is 2. The second kappa shape index (κ2) is 11.1. The number of halogens is 2. The van der Waals surface area contributed by atoms with Crippen LogP contribution in [0.15, 0.2) is 54.9 Å². The summed E-state index contributed by atoms with van der Waals surface area (Å²) >= 11 is 0. The average Bonchev–Trinajstić information content (AvgIpc) is 3.40. The van der Waals surface area contributed by atoms with Crippen LogP contribution in [0.25, 0.3) is 5.65 Å². The molecule has 2 amide bonds. The van der Waals surface area contributed by atoms with Crippen LogP contribution in [0.5, 0.6) is 0 Å². The lowest BCUT2D eigenvalue weighted by molar-refractivity contribution is 0.0421. The summed E-state index contributed by atoms with van der Waals surface area (Å²) < 4.78 is 56.4. The van der Waals surface area contributed by atoms with Gasteiger partial charge in [-0.25, -0.2) is 26.9 Å². The summed E-state index contributed by atoms with van der Waals surface area (Å²) in [6, 6.07) is 11.0. The van der Waals surface area contributed by atoms with E-state index in [9.17, 15) is 22.4 Å². The zero-order chi connectivity index (χ0) is 30.2. The lowest BCUT2D eigenvalue weighted by atomic mass is 9.86. The standard InChI is InChI=1S/C29H30F2N6O4S/c1-4-42(40,41)35-27(38)22-17-33-37-25(22)32-16-23(26(37)34-24-15-18(2)5-6-19(24)3)28(39)36-13-11-29(31,12-14-36)20-7-9-21(30)10-8-20/h5-10,15-17,34H,4,11-14H2,1-3H3,(H,35,38). The Morgan fingerprint density at radius 1 is 1.02 bits per heavy atom. The minimum absolute atomic E-state index is 0.0256. The van der Waals surface area contributed by atoms with Gasteiger partial charge in [-0.3, -0.25) is 9.59 Å². The van der Waals surface area contributed by atoms with E-state index >= 15 is 4.39 Å². The number of nitrogens with one attached hydrogen (secondary N) is 2. The van der Waals surface area contributed by atoms with Crippen LogP contribution in [-0.2, 0) is 15.7 Å². The van der Waals surface area contributed by atoms with Crippen molar-refractivity contribution in [1.82, 2.24) is 24.2 Å². The maximum Gasteiger partial charge on any atom is 0.270 e. The van der Waals surface area contributed by atoms with E-state index in [2.05, 4.69) is 15.4 Å². The SMILES string of the molecule is CCS(=O)(=O)NC(=O)c1cnn2c(Nc3cc(C)ccc3C)c(C(=O)N3CCC(F)(c4ccc(F)cc4)CC3)cnc12. The first-order valence-electron chi connectivity index (χ1n) is 13.4. The van der Waals surface area contributed by atoms with Gasteiger partial charge in [0.15, 0.2) is 5.65 Å². The highest BCUT2D eigenvalue weighted by Crippen LogP contribution is 2.38. The van der Waals surface area contributed by atoms with Gasteiger partial charge >= 0.3 is 0 Å². The number of piperidine rings is 1. The van der Waals surface area contributed by atoms with Crippen molar-refractivity contribution in [2.45, 2.75) is 39.3 Å². The predicted molar refractivity (Wildman–Crippen MR) is 153 cm³/mol. The van der Waals surface area contributed by atoms with Gasteiger partial charge in [0.05, 0.1) is 11.9 Å². The molecule has 2 N–H and O–H groups in total. The van der Waals surface area contributed by atoms with E-state index in [4.69, 9.17) is 0 Å². The molecule has 0 unspecified atom stereocenters. The number of rotatable bonds is 7. The Balaban J connectivity index is 1.50. The number of aryl methyl sites for hydroxylation is 2. The number of likely N-dealkylation sites (tertiary alicyclic amines) is 1. The van der Waals surface area contributed by atoms with Crippen LogP contribution in [-0.4, -0.2) is 58.6 Å². The first-order valence-corrected chi connectivity index (χ1v) is 15.1. The second-order valence-corrected chi connectivity index (χ2v) is 12.4. The average molecular weight is 597 g/mol. The lowest BCUT2D eigenvalue weighted by Crippen LogP contribution is -2.43. The summed E-state index contributed by atoms with van der Waals surface area (Å²) in [5.41, 5.74) is 1.27. The fraction of sp³-hybridized carbons (Fsp3) is 0.310. The fourth-order valence-electron chi connectivity index (χ4n) is 4.91.